The van der Waals surface area contributed by atoms with Crippen LogP contribution in [0.25, 0.3) is 17.4 Å². The van der Waals surface area contributed by atoms with Crippen molar-refractivity contribution in [1.82, 2.24) is 4.90 Å². The molecule has 0 spiro atoms. The lowest BCUT2D eigenvalue weighted by Crippen LogP contribution is -2.43. The van der Waals surface area contributed by atoms with E-state index in [0.29, 0.717) is 6.42 Å². The highest BCUT2D eigenvalue weighted by Gasteiger charge is 2.35. The molecule has 0 fully saturated rings. The molecule has 0 atom stereocenters. The van der Waals surface area contributed by atoms with Gasteiger partial charge in [0.25, 0.3) is 11.8 Å². The Labute approximate surface area is 182 Å². The summed E-state index contributed by atoms with van der Waals surface area (Å²) in [6.45, 7) is 3.47. The van der Waals surface area contributed by atoms with Gasteiger partial charge in [0.15, 0.2) is 0 Å². The second-order valence-corrected chi connectivity index (χ2v) is 7.04. The molecule has 2 heterocycles. The molecule has 9 heteroatoms. The Morgan fingerprint density at radius 1 is 1.09 bits per heavy atom. The summed E-state index contributed by atoms with van der Waals surface area (Å²) in [4.78, 5) is 48.9. The van der Waals surface area contributed by atoms with E-state index in [1.807, 2.05) is 6.07 Å². The van der Waals surface area contributed by atoms with E-state index >= 15 is 0 Å². The Kier molecular flexibility index (Phi) is 6.07. The number of carbonyl (C=O) groups is 4. The van der Waals surface area contributed by atoms with Crippen molar-refractivity contribution in [2.75, 3.05) is 6.54 Å². The molecule has 0 saturated carbocycles. The summed E-state index contributed by atoms with van der Waals surface area (Å²) in [5.74, 6) is -3.37. The van der Waals surface area contributed by atoms with Gasteiger partial charge in [0.05, 0.1) is 11.1 Å². The van der Waals surface area contributed by atoms with E-state index in [0.717, 1.165) is 11.0 Å². The molecular formula is C23H18N2O7. The highest BCUT2D eigenvalue weighted by molar-refractivity contribution is 6.19. The minimum absolute atomic E-state index is 0.126. The summed E-state index contributed by atoms with van der Waals surface area (Å²) >= 11 is 0. The number of amides is 2. The predicted octanol–water partition coefficient (Wildman–Crippen LogP) is 3.35. The Balaban J connectivity index is 2.07. The Morgan fingerprint density at radius 3 is 2.25 bits per heavy atom. The summed E-state index contributed by atoms with van der Waals surface area (Å²) in [6, 6.07) is 8.46. The molecule has 0 bridgehead atoms. The second-order valence-electron chi connectivity index (χ2n) is 7.04. The molecule has 0 saturated heterocycles. The minimum Gasteiger partial charge on any atom is -0.478 e. The summed E-state index contributed by atoms with van der Waals surface area (Å²) < 4.78 is 5.71. The van der Waals surface area contributed by atoms with Gasteiger partial charge in [0, 0.05) is 17.7 Å². The smallest absolute Gasteiger partial charge is 0.335 e. The third-order valence-corrected chi connectivity index (χ3v) is 4.90. The van der Waals surface area contributed by atoms with Gasteiger partial charge < -0.3 is 14.6 Å². The number of furan rings is 1. The number of imide groups is 1. The molecule has 1 aromatic carbocycles. The van der Waals surface area contributed by atoms with Crippen LogP contribution in [0.15, 0.2) is 51.5 Å². The zero-order valence-electron chi connectivity index (χ0n) is 17.2. The number of rotatable bonds is 6. The number of nitriles is 1. The van der Waals surface area contributed by atoms with Crippen LogP contribution >= 0.6 is 0 Å². The number of benzene rings is 1. The first-order valence-electron chi connectivity index (χ1n) is 9.59. The van der Waals surface area contributed by atoms with Crippen LogP contribution in [0, 0.1) is 11.3 Å². The minimum atomic E-state index is -1.29. The maximum Gasteiger partial charge on any atom is 0.335 e. The normalized spacial score (nSPS) is 15.3. The third kappa shape index (κ3) is 4.06. The summed E-state index contributed by atoms with van der Waals surface area (Å²) in [6.07, 6.45) is 1.92. The van der Waals surface area contributed by atoms with Crippen LogP contribution in [0.1, 0.15) is 46.7 Å². The molecule has 0 radical (unpaired) electrons. The van der Waals surface area contributed by atoms with Crippen LogP contribution < -0.4 is 0 Å². The SMILES string of the molecule is CCCN1C(=O)C(C#N)=C(C)/C(=C\c2ccc(-c3cc(C(=O)O)cc(C(=O)O)c3)o2)C1=O. The molecule has 3 rings (SSSR count). The first kappa shape index (κ1) is 22.2. The first-order valence-corrected chi connectivity index (χ1v) is 9.59. The number of carboxylic acids is 2. The van der Waals surface area contributed by atoms with Crippen molar-refractivity contribution in [2.45, 2.75) is 20.3 Å². The van der Waals surface area contributed by atoms with Crippen molar-refractivity contribution < 1.29 is 33.8 Å². The number of hydrogen-bond acceptors (Lipinski definition) is 6. The van der Waals surface area contributed by atoms with E-state index in [-0.39, 0.29) is 51.5 Å². The fourth-order valence-corrected chi connectivity index (χ4v) is 3.30. The lowest BCUT2D eigenvalue weighted by atomic mass is 9.94. The average Bonchev–Trinajstić information content (AvgIpc) is 3.23. The van der Waals surface area contributed by atoms with E-state index in [4.69, 9.17) is 4.42 Å². The van der Waals surface area contributed by atoms with Gasteiger partial charge in [-0.25, -0.2) is 9.59 Å². The lowest BCUT2D eigenvalue weighted by Gasteiger charge is -2.26. The summed E-state index contributed by atoms with van der Waals surface area (Å²) in [5, 5.41) is 27.9. The zero-order chi connectivity index (χ0) is 23.6. The Hall–Kier alpha value is -4.45. The van der Waals surface area contributed by atoms with Gasteiger partial charge in [0.2, 0.25) is 0 Å². The molecule has 9 nitrogen and oxygen atoms in total. The van der Waals surface area contributed by atoms with Crippen LogP contribution in [-0.4, -0.2) is 45.4 Å². The molecule has 2 aromatic rings. The number of nitrogens with zero attached hydrogens (tertiary/aromatic N) is 2. The molecule has 162 valence electrons. The van der Waals surface area contributed by atoms with Gasteiger partial charge >= 0.3 is 11.9 Å². The van der Waals surface area contributed by atoms with Crippen LogP contribution in [0.4, 0.5) is 0 Å². The maximum atomic E-state index is 12.8. The van der Waals surface area contributed by atoms with E-state index in [2.05, 4.69) is 0 Å². The monoisotopic (exact) mass is 434 g/mol. The molecular weight excluding hydrogens is 416 g/mol. The molecule has 0 unspecified atom stereocenters. The summed E-state index contributed by atoms with van der Waals surface area (Å²) in [7, 11) is 0. The summed E-state index contributed by atoms with van der Waals surface area (Å²) in [5.41, 5.74) is 0.0236. The highest BCUT2D eigenvalue weighted by atomic mass is 16.4. The van der Waals surface area contributed by atoms with Crippen molar-refractivity contribution in [3.05, 3.63) is 63.9 Å². The van der Waals surface area contributed by atoms with Gasteiger partial charge in [-0.1, -0.05) is 6.92 Å². The molecule has 1 aliphatic rings. The first-order chi connectivity index (χ1) is 15.2. The highest BCUT2D eigenvalue weighted by Crippen LogP contribution is 2.30. The molecule has 32 heavy (non-hydrogen) atoms. The van der Waals surface area contributed by atoms with Crippen LogP contribution in [0.5, 0.6) is 0 Å². The van der Waals surface area contributed by atoms with Gasteiger partial charge in [-0.05, 0) is 55.3 Å². The maximum absolute atomic E-state index is 12.8. The largest absolute Gasteiger partial charge is 0.478 e. The number of hydrogen-bond donors (Lipinski definition) is 2. The van der Waals surface area contributed by atoms with Crippen molar-refractivity contribution in [3.8, 4) is 17.4 Å². The van der Waals surface area contributed by atoms with Crippen molar-refractivity contribution in [2.24, 2.45) is 0 Å². The van der Waals surface area contributed by atoms with Gasteiger partial charge in [0.1, 0.15) is 23.2 Å². The number of aromatic carboxylic acids is 2. The van der Waals surface area contributed by atoms with Crippen molar-refractivity contribution in [1.29, 1.82) is 5.26 Å². The van der Waals surface area contributed by atoms with Crippen LogP contribution in [-0.2, 0) is 9.59 Å². The fourth-order valence-electron chi connectivity index (χ4n) is 3.30. The third-order valence-electron chi connectivity index (χ3n) is 4.90. The van der Waals surface area contributed by atoms with Crippen LogP contribution in [0.3, 0.4) is 0 Å². The molecule has 2 N–H and O–H groups in total. The topological polar surface area (TPSA) is 149 Å². The number of carbonyl (C=O) groups excluding carboxylic acids is 2. The van der Waals surface area contributed by atoms with Gasteiger partial charge in [-0.2, -0.15) is 5.26 Å². The zero-order valence-corrected chi connectivity index (χ0v) is 17.2. The van der Waals surface area contributed by atoms with Crippen molar-refractivity contribution >= 4 is 29.8 Å². The van der Waals surface area contributed by atoms with E-state index in [1.165, 1.54) is 37.3 Å². The van der Waals surface area contributed by atoms with Crippen LogP contribution in [0.2, 0.25) is 0 Å². The van der Waals surface area contributed by atoms with E-state index in [1.54, 1.807) is 6.92 Å². The van der Waals surface area contributed by atoms with Gasteiger partial charge in [-0.3, -0.25) is 14.5 Å². The average molecular weight is 434 g/mol. The molecule has 2 amide bonds. The molecule has 1 aliphatic heterocycles. The number of carboxylic acid groups (broad SMARTS) is 2. The standard InChI is InChI=1S/C23H18N2O7/c1-3-6-25-20(26)17(12(2)18(11-24)21(25)27)10-16-4-5-19(32-16)13-7-14(22(28)29)9-15(8-13)23(30)31/h4-5,7-10H,3,6H2,1-2H3,(H,28,29)(H,30,31)/b17-10+. The second kappa shape index (κ2) is 8.73. The molecule has 1 aromatic heterocycles. The fraction of sp³-hybridized carbons (Fsp3) is 0.174. The quantitative estimate of drug-likeness (QED) is 0.519. The van der Waals surface area contributed by atoms with Gasteiger partial charge in [-0.15, -0.1) is 0 Å². The lowest BCUT2D eigenvalue weighted by molar-refractivity contribution is -0.140. The predicted molar refractivity (Wildman–Crippen MR) is 111 cm³/mol. The Bertz CT molecular complexity index is 1230. The van der Waals surface area contributed by atoms with E-state index < -0.39 is 23.8 Å². The van der Waals surface area contributed by atoms with Crippen molar-refractivity contribution in [3.63, 3.8) is 0 Å². The van der Waals surface area contributed by atoms with E-state index in [9.17, 15) is 34.7 Å². The Morgan fingerprint density at radius 2 is 1.72 bits per heavy atom. The molecule has 0 aliphatic carbocycles.